The van der Waals surface area contributed by atoms with Crippen LogP contribution in [-0.4, -0.2) is 17.8 Å². The first-order valence-electron chi connectivity index (χ1n) is 4.46. The molecule has 0 saturated carbocycles. The van der Waals surface area contributed by atoms with Crippen LogP contribution in [-0.2, 0) is 4.79 Å². The summed E-state index contributed by atoms with van der Waals surface area (Å²) in [6.07, 6.45) is 5.23. The summed E-state index contributed by atoms with van der Waals surface area (Å²) in [5, 5.41) is 0. The van der Waals surface area contributed by atoms with Gasteiger partial charge in [-0.3, -0.25) is 0 Å². The minimum Gasteiger partial charge on any atom is -0.300 e. The molecule has 0 aliphatic rings. The van der Waals surface area contributed by atoms with Crippen LogP contribution >= 0.6 is 11.8 Å². The van der Waals surface area contributed by atoms with Gasteiger partial charge in [0, 0.05) is 6.42 Å². The zero-order valence-corrected chi connectivity index (χ0v) is 9.46. The van der Waals surface area contributed by atoms with Gasteiger partial charge in [0.15, 0.2) is 0 Å². The van der Waals surface area contributed by atoms with Crippen LogP contribution in [0.1, 0.15) is 40.0 Å². The van der Waals surface area contributed by atoms with E-state index in [1.165, 1.54) is 12.2 Å². The van der Waals surface area contributed by atoms with E-state index in [1.807, 2.05) is 11.8 Å². The van der Waals surface area contributed by atoms with Gasteiger partial charge in [-0.05, 0) is 37.2 Å². The third-order valence-electron chi connectivity index (χ3n) is 1.93. The molecular weight excluding hydrogens is 168 g/mol. The highest BCUT2D eigenvalue weighted by atomic mass is 32.2. The Morgan fingerprint density at radius 3 is 2.42 bits per heavy atom. The molecule has 0 aliphatic heterocycles. The maximum absolute atomic E-state index is 10.9. The average molecular weight is 188 g/mol. The van der Waals surface area contributed by atoms with Gasteiger partial charge in [-0.15, -0.1) is 0 Å². The molecule has 0 spiro atoms. The second-order valence-electron chi connectivity index (χ2n) is 4.14. The summed E-state index contributed by atoms with van der Waals surface area (Å²) in [5.41, 5.74) is 0.210. The number of hydrogen-bond acceptors (Lipinski definition) is 2. The van der Waals surface area contributed by atoms with Crippen molar-refractivity contribution < 1.29 is 4.79 Å². The molecular formula is C10H20OS. The van der Waals surface area contributed by atoms with Gasteiger partial charge in [-0.1, -0.05) is 13.8 Å². The lowest BCUT2D eigenvalue weighted by molar-refractivity contribution is -0.118. The summed E-state index contributed by atoms with van der Waals surface area (Å²) in [6.45, 7) is 6.03. The molecule has 0 aromatic rings. The van der Waals surface area contributed by atoms with E-state index in [0.717, 1.165) is 12.8 Å². The Morgan fingerprint density at radius 2 is 2.00 bits per heavy atom. The third-order valence-corrected chi connectivity index (χ3v) is 2.63. The fraction of sp³-hybridized carbons (Fsp3) is 0.900. The van der Waals surface area contributed by atoms with Gasteiger partial charge in [-0.2, -0.15) is 11.8 Å². The van der Waals surface area contributed by atoms with Crippen LogP contribution in [0.15, 0.2) is 0 Å². The summed E-state index contributed by atoms with van der Waals surface area (Å²) in [6, 6.07) is 0. The molecule has 2 heteroatoms. The Balaban J connectivity index is 3.63. The van der Waals surface area contributed by atoms with E-state index >= 15 is 0 Å². The Morgan fingerprint density at radius 1 is 1.42 bits per heavy atom. The molecule has 12 heavy (non-hydrogen) atoms. The molecule has 0 unspecified atom stereocenters. The maximum Gasteiger partial charge on any atom is 0.130 e. The number of thioether (sulfide) groups is 1. The highest BCUT2D eigenvalue weighted by Crippen LogP contribution is 2.27. The third kappa shape index (κ3) is 6.71. The second-order valence-corrected chi connectivity index (χ2v) is 5.12. The van der Waals surface area contributed by atoms with Gasteiger partial charge >= 0.3 is 0 Å². The fourth-order valence-electron chi connectivity index (χ4n) is 1.46. The first-order valence-corrected chi connectivity index (χ1v) is 5.86. The summed E-state index contributed by atoms with van der Waals surface area (Å²) >= 11 is 1.88. The van der Waals surface area contributed by atoms with E-state index < -0.39 is 0 Å². The molecule has 1 nitrogen and oxygen atoms in total. The van der Waals surface area contributed by atoms with Gasteiger partial charge in [-0.25, -0.2) is 0 Å². The SMILES string of the molecule is CSCCCC(C)(C)CC(C)=O. The zero-order chi connectivity index (χ0) is 9.61. The van der Waals surface area contributed by atoms with Crippen molar-refractivity contribution in [1.29, 1.82) is 0 Å². The molecule has 0 radical (unpaired) electrons. The Labute approximate surface area is 80.3 Å². The molecule has 0 bridgehead atoms. The number of carbonyl (C=O) groups excluding carboxylic acids is 1. The smallest absolute Gasteiger partial charge is 0.130 e. The number of rotatable bonds is 6. The molecule has 0 saturated heterocycles. The maximum atomic E-state index is 10.9. The average Bonchev–Trinajstić information content (AvgIpc) is 1.84. The van der Waals surface area contributed by atoms with Gasteiger partial charge in [0.25, 0.3) is 0 Å². The van der Waals surface area contributed by atoms with E-state index in [9.17, 15) is 4.79 Å². The minimum absolute atomic E-state index is 0.210. The van der Waals surface area contributed by atoms with Crippen molar-refractivity contribution in [1.82, 2.24) is 0 Å². The minimum atomic E-state index is 0.210. The Kier molecular flexibility index (Phi) is 5.64. The van der Waals surface area contributed by atoms with Crippen LogP contribution in [0.3, 0.4) is 0 Å². The van der Waals surface area contributed by atoms with Crippen molar-refractivity contribution >= 4 is 17.5 Å². The van der Waals surface area contributed by atoms with Crippen molar-refractivity contribution in [2.45, 2.75) is 40.0 Å². The number of Topliss-reactive ketones (excluding diaryl/α,β-unsaturated/α-hetero) is 1. The molecule has 0 atom stereocenters. The summed E-state index contributed by atoms with van der Waals surface area (Å²) in [7, 11) is 0. The largest absolute Gasteiger partial charge is 0.300 e. The highest BCUT2D eigenvalue weighted by Gasteiger charge is 2.18. The predicted octanol–water partition coefficient (Wildman–Crippen LogP) is 3.13. The van der Waals surface area contributed by atoms with Crippen molar-refractivity contribution in [3.8, 4) is 0 Å². The normalized spacial score (nSPS) is 11.7. The number of hydrogen-bond donors (Lipinski definition) is 0. The van der Waals surface area contributed by atoms with Crippen LogP contribution in [0.4, 0.5) is 0 Å². The van der Waals surface area contributed by atoms with E-state index in [1.54, 1.807) is 6.92 Å². The van der Waals surface area contributed by atoms with Crippen molar-refractivity contribution in [3.05, 3.63) is 0 Å². The molecule has 0 amide bonds. The fourth-order valence-corrected chi connectivity index (χ4v) is 1.89. The topological polar surface area (TPSA) is 17.1 Å². The molecule has 0 N–H and O–H groups in total. The Hall–Kier alpha value is 0.0200. The lowest BCUT2D eigenvalue weighted by Crippen LogP contribution is -2.15. The van der Waals surface area contributed by atoms with Gasteiger partial charge in [0.05, 0.1) is 0 Å². The van der Waals surface area contributed by atoms with Gasteiger partial charge in [0.2, 0.25) is 0 Å². The summed E-state index contributed by atoms with van der Waals surface area (Å²) in [4.78, 5) is 10.9. The van der Waals surface area contributed by atoms with Crippen LogP contribution in [0.5, 0.6) is 0 Å². The van der Waals surface area contributed by atoms with Gasteiger partial charge < -0.3 is 4.79 Å². The molecule has 0 rings (SSSR count). The van der Waals surface area contributed by atoms with E-state index in [4.69, 9.17) is 0 Å². The monoisotopic (exact) mass is 188 g/mol. The lowest BCUT2D eigenvalue weighted by Gasteiger charge is -2.22. The van der Waals surface area contributed by atoms with Crippen LogP contribution < -0.4 is 0 Å². The standard InChI is InChI=1S/C10H20OS/c1-9(11)8-10(2,3)6-5-7-12-4/h5-8H2,1-4H3. The van der Waals surface area contributed by atoms with Gasteiger partial charge in [0.1, 0.15) is 5.78 Å². The first kappa shape index (κ1) is 12.0. The van der Waals surface area contributed by atoms with E-state index in [0.29, 0.717) is 5.78 Å². The molecule has 0 aliphatic carbocycles. The predicted molar refractivity (Wildman–Crippen MR) is 56.7 cm³/mol. The Bertz CT molecular complexity index is 141. The van der Waals surface area contributed by atoms with Crippen molar-refractivity contribution in [2.24, 2.45) is 5.41 Å². The van der Waals surface area contributed by atoms with Crippen LogP contribution in [0.2, 0.25) is 0 Å². The summed E-state index contributed by atoms with van der Waals surface area (Å²) in [5.74, 6) is 1.52. The van der Waals surface area contributed by atoms with Crippen molar-refractivity contribution in [2.75, 3.05) is 12.0 Å². The first-order chi connectivity index (χ1) is 5.48. The van der Waals surface area contributed by atoms with E-state index in [-0.39, 0.29) is 5.41 Å². The molecule has 0 fully saturated rings. The van der Waals surface area contributed by atoms with Crippen LogP contribution in [0.25, 0.3) is 0 Å². The summed E-state index contributed by atoms with van der Waals surface area (Å²) < 4.78 is 0. The molecule has 0 heterocycles. The van der Waals surface area contributed by atoms with Crippen LogP contribution in [0, 0.1) is 5.41 Å². The number of carbonyl (C=O) groups is 1. The van der Waals surface area contributed by atoms with E-state index in [2.05, 4.69) is 20.1 Å². The molecule has 0 aromatic heterocycles. The number of ketones is 1. The zero-order valence-electron chi connectivity index (χ0n) is 8.64. The quantitative estimate of drug-likeness (QED) is 0.596. The van der Waals surface area contributed by atoms with Crippen molar-refractivity contribution in [3.63, 3.8) is 0 Å². The molecule has 72 valence electrons. The lowest BCUT2D eigenvalue weighted by atomic mass is 9.83. The second kappa shape index (κ2) is 5.63. The highest BCUT2D eigenvalue weighted by molar-refractivity contribution is 7.98. The molecule has 0 aromatic carbocycles.